The molecule has 27 heavy (non-hydrogen) atoms. The zero-order valence-corrected chi connectivity index (χ0v) is 16.5. The van der Waals surface area contributed by atoms with Crippen LogP contribution in [0.15, 0.2) is 46.3 Å². The van der Waals surface area contributed by atoms with E-state index < -0.39 is 0 Å². The molecule has 0 unspecified atom stereocenters. The zero-order valence-electron chi connectivity index (χ0n) is 14.9. The summed E-state index contributed by atoms with van der Waals surface area (Å²) >= 11 is 7.89. The van der Waals surface area contributed by atoms with Crippen molar-refractivity contribution in [2.24, 2.45) is 0 Å². The predicted octanol–water partition coefficient (Wildman–Crippen LogP) is 4.52. The molecule has 2 heterocycles. The summed E-state index contributed by atoms with van der Waals surface area (Å²) in [5.41, 5.74) is 1.70. The van der Waals surface area contributed by atoms with Gasteiger partial charge in [0.25, 0.3) is 5.56 Å². The minimum atomic E-state index is -0.0118. The van der Waals surface area contributed by atoms with E-state index in [9.17, 15) is 4.79 Å². The Morgan fingerprint density at radius 2 is 2.04 bits per heavy atom. The molecule has 5 nitrogen and oxygen atoms in total. The highest BCUT2D eigenvalue weighted by Gasteiger charge is 2.16. The van der Waals surface area contributed by atoms with Gasteiger partial charge in [0.05, 0.1) is 29.1 Å². The number of hydrogen-bond acceptors (Lipinski definition) is 5. The van der Waals surface area contributed by atoms with Crippen LogP contribution in [0.4, 0.5) is 0 Å². The zero-order chi connectivity index (χ0) is 18.8. The van der Waals surface area contributed by atoms with Crippen molar-refractivity contribution in [3.8, 4) is 11.5 Å². The number of aromatic nitrogens is 2. The van der Waals surface area contributed by atoms with Crippen molar-refractivity contribution in [3.05, 3.63) is 57.3 Å². The van der Waals surface area contributed by atoms with E-state index in [2.05, 4.69) is 4.98 Å². The Morgan fingerprint density at radius 3 is 2.89 bits per heavy atom. The summed E-state index contributed by atoms with van der Waals surface area (Å²) in [6.07, 6.45) is 0.832. The van der Waals surface area contributed by atoms with E-state index in [0.29, 0.717) is 58.1 Å². The van der Waals surface area contributed by atoms with E-state index in [1.165, 1.54) is 11.8 Å². The monoisotopic (exact) mass is 402 g/mol. The van der Waals surface area contributed by atoms with E-state index >= 15 is 0 Å². The van der Waals surface area contributed by atoms with Crippen molar-refractivity contribution in [3.63, 3.8) is 0 Å². The van der Waals surface area contributed by atoms with E-state index in [0.717, 1.165) is 12.0 Å². The number of para-hydroxylation sites is 1. The van der Waals surface area contributed by atoms with E-state index in [-0.39, 0.29) is 5.56 Å². The highest BCUT2D eigenvalue weighted by molar-refractivity contribution is 7.98. The first kappa shape index (κ1) is 18.2. The number of halogens is 1. The molecule has 7 heteroatoms. The number of thioether (sulfide) groups is 1. The first-order valence-electron chi connectivity index (χ1n) is 8.87. The highest BCUT2D eigenvalue weighted by atomic mass is 35.5. The topological polar surface area (TPSA) is 53.4 Å². The van der Waals surface area contributed by atoms with Crippen LogP contribution in [0, 0.1) is 0 Å². The summed E-state index contributed by atoms with van der Waals surface area (Å²) in [5, 5.41) is 1.89. The van der Waals surface area contributed by atoms with E-state index in [1.807, 2.05) is 43.3 Å². The molecule has 0 bridgehead atoms. The molecule has 4 rings (SSSR count). The maximum atomic E-state index is 12.7. The van der Waals surface area contributed by atoms with Gasteiger partial charge in [-0.1, -0.05) is 35.5 Å². The Morgan fingerprint density at radius 1 is 1.22 bits per heavy atom. The SMILES string of the molecule is CCn1c(SCc2cc(Cl)c3c(c2)OCCCO3)nc2ccccc2c1=O. The van der Waals surface area contributed by atoms with Crippen molar-refractivity contribution in [1.82, 2.24) is 9.55 Å². The van der Waals surface area contributed by atoms with Gasteiger partial charge in [-0.25, -0.2) is 4.98 Å². The molecule has 3 aromatic rings. The van der Waals surface area contributed by atoms with Gasteiger partial charge in [0, 0.05) is 18.7 Å². The van der Waals surface area contributed by atoms with Gasteiger partial charge in [-0.05, 0) is 36.8 Å². The molecule has 0 spiro atoms. The molecule has 0 atom stereocenters. The van der Waals surface area contributed by atoms with Crippen LogP contribution in [-0.4, -0.2) is 22.8 Å². The standard InChI is InChI=1S/C20H19ClN2O3S/c1-2-23-19(24)14-6-3-4-7-16(14)22-20(23)27-12-13-10-15(21)18-17(11-13)25-8-5-9-26-18/h3-4,6-7,10-11H,2,5,8-9,12H2,1H3. The average molecular weight is 403 g/mol. The van der Waals surface area contributed by atoms with Crippen LogP contribution in [0.2, 0.25) is 5.02 Å². The molecule has 0 radical (unpaired) electrons. The lowest BCUT2D eigenvalue weighted by molar-refractivity contribution is 0.297. The summed E-state index contributed by atoms with van der Waals surface area (Å²) in [5.74, 6) is 1.91. The van der Waals surface area contributed by atoms with Gasteiger partial charge in [0.1, 0.15) is 0 Å². The van der Waals surface area contributed by atoms with Gasteiger partial charge in [0.2, 0.25) is 0 Å². The van der Waals surface area contributed by atoms with Crippen molar-refractivity contribution in [2.45, 2.75) is 30.8 Å². The minimum Gasteiger partial charge on any atom is -0.489 e. The summed E-state index contributed by atoms with van der Waals surface area (Å²) in [4.78, 5) is 17.4. The average Bonchev–Trinajstić information content (AvgIpc) is 2.92. The molecular formula is C20H19ClN2O3S. The Kier molecular flexibility index (Phi) is 5.27. The van der Waals surface area contributed by atoms with Crippen LogP contribution in [0.1, 0.15) is 18.9 Å². The fourth-order valence-corrected chi connectivity index (χ4v) is 4.33. The summed E-state index contributed by atoms with van der Waals surface area (Å²) in [7, 11) is 0. The first-order valence-corrected chi connectivity index (χ1v) is 10.2. The molecule has 1 aliphatic heterocycles. The quantitative estimate of drug-likeness (QED) is 0.474. The van der Waals surface area contributed by atoms with Crippen LogP contribution in [0.5, 0.6) is 11.5 Å². The third-order valence-electron chi connectivity index (χ3n) is 4.37. The second kappa shape index (κ2) is 7.82. The highest BCUT2D eigenvalue weighted by Crippen LogP contribution is 2.39. The molecule has 0 aliphatic carbocycles. The Labute approximate surface area is 166 Å². The largest absolute Gasteiger partial charge is 0.489 e. The first-order chi connectivity index (χ1) is 13.2. The second-order valence-electron chi connectivity index (χ2n) is 6.20. The van der Waals surface area contributed by atoms with Crippen molar-refractivity contribution < 1.29 is 9.47 Å². The number of ether oxygens (including phenoxy) is 2. The van der Waals surface area contributed by atoms with E-state index in [1.54, 1.807) is 4.57 Å². The fourth-order valence-electron chi connectivity index (χ4n) is 3.05. The number of benzene rings is 2. The summed E-state index contributed by atoms with van der Waals surface area (Å²) in [6.45, 7) is 3.74. The van der Waals surface area contributed by atoms with Crippen molar-refractivity contribution in [1.29, 1.82) is 0 Å². The molecule has 0 fully saturated rings. The molecule has 2 aromatic carbocycles. The van der Waals surface area contributed by atoms with Crippen LogP contribution in [0.3, 0.4) is 0 Å². The third kappa shape index (κ3) is 3.64. The Balaban J connectivity index is 1.65. The second-order valence-corrected chi connectivity index (χ2v) is 7.55. The van der Waals surface area contributed by atoms with Crippen LogP contribution >= 0.6 is 23.4 Å². The molecule has 0 saturated heterocycles. The van der Waals surface area contributed by atoms with Gasteiger partial charge in [0.15, 0.2) is 16.7 Å². The van der Waals surface area contributed by atoms with Crippen LogP contribution in [0.25, 0.3) is 10.9 Å². The van der Waals surface area contributed by atoms with Gasteiger partial charge in [-0.15, -0.1) is 0 Å². The van der Waals surface area contributed by atoms with Crippen LogP contribution < -0.4 is 15.0 Å². The van der Waals surface area contributed by atoms with Gasteiger partial charge >= 0.3 is 0 Å². The van der Waals surface area contributed by atoms with Crippen molar-refractivity contribution >= 4 is 34.3 Å². The lowest BCUT2D eigenvalue weighted by Gasteiger charge is -2.13. The molecule has 0 N–H and O–H groups in total. The molecule has 0 saturated carbocycles. The Bertz CT molecular complexity index is 1050. The molecule has 0 amide bonds. The smallest absolute Gasteiger partial charge is 0.262 e. The predicted molar refractivity (Wildman–Crippen MR) is 108 cm³/mol. The number of fused-ring (bicyclic) bond motifs is 2. The maximum Gasteiger partial charge on any atom is 0.262 e. The van der Waals surface area contributed by atoms with Crippen molar-refractivity contribution in [2.75, 3.05) is 13.2 Å². The summed E-state index contributed by atoms with van der Waals surface area (Å²) < 4.78 is 13.1. The molecular weight excluding hydrogens is 384 g/mol. The molecule has 140 valence electrons. The Hall–Kier alpha value is -2.18. The fraction of sp³-hybridized carbons (Fsp3) is 0.300. The van der Waals surface area contributed by atoms with Crippen LogP contribution in [-0.2, 0) is 12.3 Å². The maximum absolute atomic E-state index is 12.7. The lowest BCUT2D eigenvalue weighted by Crippen LogP contribution is -2.22. The normalized spacial score (nSPS) is 13.6. The lowest BCUT2D eigenvalue weighted by atomic mass is 10.2. The molecule has 1 aromatic heterocycles. The third-order valence-corrected chi connectivity index (χ3v) is 5.70. The number of nitrogens with zero attached hydrogens (tertiary/aromatic N) is 2. The van der Waals surface area contributed by atoms with Gasteiger partial charge in [-0.3, -0.25) is 9.36 Å². The van der Waals surface area contributed by atoms with E-state index in [4.69, 9.17) is 21.1 Å². The minimum absolute atomic E-state index is 0.0118. The summed E-state index contributed by atoms with van der Waals surface area (Å²) in [6, 6.07) is 11.3. The molecule has 1 aliphatic rings. The number of hydrogen-bond donors (Lipinski definition) is 0. The van der Waals surface area contributed by atoms with Gasteiger partial charge in [-0.2, -0.15) is 0 Å². The number of rotatable bonds is 4. The van der Waals surface area contributed by atoms with Gasteiger partial charge < -0.3 is 9.47 Å².